The lowest BCUT2D eigenvalue weighted by Gasteiger charge is -2.31. The number of para-hydroxylation sites is 1. The molecule has 0 spiro atoms. The topological polar surface area (TPSA) is 110 Å². The number of fused-ring (bicyclic) bond motifs is 1. The number of rotatable bonds is 5. The SMILES string of the molecule is C=CCN1C(C(=O)NN2CC(=O)N(c3ccccc3)C2=S)=C(O)c2ccc(Cl)cc2S1(=O)=O. The summed E-state index contributed by atoms with van der Waals surface area (Å²) in [5.74, 6) is -1.92. The molecule has 2 aliphatic heterocycles. The maximum absolute atomic E-state index is 13.2. The van der Waals surface area contributed by atoms with E-state index in [-0.39, 0.29) is 39.6 Å². The Hall–Kier alpha value is -3.41. The first kappa shape index (κ1) is 22.8. The van der Waals surface area contributed by atoms with Crippen LogP contribution in [0.5, 0.6) is 0 Å². The summed E-state index contributed by atoms with van der Waals surface area (Å²) in [6.45, 7) is 2.97. The van der Waals surface area contributed by atoms with Crippen LogP contribution in [0.2, 0.25) is 5.02 Å². The first-order valence-electron chi connectivity index (χ1n) is 9.54. The monoisotopic (exact) mass is 504 g/mol. The minimum absolute atomic E-state index is 0.000703. The maximum Gasteiger partial charge on any atom is 0.291 e. The Morgan fingerprint density at radius 2 is 1.94 bits per heavy atom. The van der Waals surface area contributed by atoms with Crippen molar-refractivity contribution < 1.29 is 23.1 Å². The van der Waals surface area contributed by atoms with Crippen LogP contribution in [-0.2, 0) is 19.6 Å². The lowest BCUT2D eigenvalue weighted by atomic mass is 10.1. The van der Waals surface area contributed by atoms with Crippen molar-refractivity contribution in [2.45, 2.75) is 4.90 Å². The maximum atomic E-state index is 13.2. The minimum Gasteiger partial charge on any atom is -0.505 e. The number of benzene rings is 2. The summed E-state index contributed by atoms with van der Waals surface area (Å²) < 4.78 is 27.1. The second-order valence-electron chi connectivity index (χ2n) is 7.04. The Balaban J connectivity index is 1.70. The van der Waals surface area contributed by atoms with Gasteiger partial charge in [0.25, 0.3) is 21.8 Å². The largest absolute Gasteiger partial charge is 0.505 e. The number of anilines is 1. The summed E-state index contributed by atoms with van der Waals surface area (Å²) in [5.41, 5.74) is 2.35. The van der Waals surface area contributed by atoms with E-state index in [0.717, 1.165) is 9.31 Å². The number of hydrazine groups is 1. The van der Waals surface area contributed by atoms with Crippen molar-refractivity contribution in [1.82, 2.24) is 14.7 Å². The number of nitrogens with zero attached hydrogens (tertiary/aromatic N) is 3. The van der Waals surface area contributed by atoms with E-state index in [0.29, 0.717) is 5.69 Å². The number of aliphatic hydroxyl groups excluding tert-OH is 1. The Bertz CT molecular complexity index is 1330. The zero-order valence-corrected chi connectivity index (χ0v) is 19.3. The van der Waals surface area contributed by atoms with Crippen LogP contribution in [0.15, 0.2) is 71.8 Å². The first-order valence-corrected chi connectivity index (χ1v) is 11.8. The van der Waals surface area contributed by atoms with Crippen LogP contribution in [0.3, 0.4) is 0 Å². The zero-order valence-electron chi connectivity index (χ0n) is 16.9. The van der Waals surface area contributed by atoms with Crippen LogP contribution in [0, 0.1) is 0 Å². The average Bonchev–Trinajstić information content (AvgIpc) is 3.05. The molecule has 0 unspecified atom stereocenters. The van der Waals surface area contributed by atoms with Crippen LogP contribution >= 0.6 is 23.8 Å². The van der Waals surface area contributed by atoms with Gasteiger partial charge in [0.05, 0.1) is 12.2 Å². The van der Waals surface area contributed by atoms with E-state index in [4.69, 9.17) is 23.8 Å². The molecular weight excluding hydrogens is 488 g/mol. The Morgan fingerprint density at radius 1 is 1.24 bits per heavy atom. The number of hydrogen-bond donors (Lipinski definition) is 2. The number of carbonyl (C=O) groups is 2. The molecule has 0 atom stereocenters. The molecule has 0 bridgehead atoms. The molecule has 1 fully saturated rings. The van der Waals surface area contributed by atoms with Gasteiger partial charge in [-0.1, -0.05) is 35.9 Å². The summed E-state index contributed by atoms with van der Waals surface area (Å²) in [4.78, 5) is 26.7. The summed E-state index contributed by atoms with van der Waals surface area (Å²) in [5, 5.41) is 12.1. The Labute approximate surface area is 200 Å². The van der Waals surface area contributed by atoms with Crippen molar-refractivity contribution in [3.05, 3.63) is 77.5 Å². The van der Waals surface area contributed by atoms with Gasteiger partial charge in [-0.2, -0.15) is 0 Å². The van der Waals surface area contributed by atoms with Crippen molar-refractivity contribution >= 4 is 62.2 Å². The van der Waals surface area contributed by atoms with Crippen LogP contribution in [0.1, 0.15) is 5.56 Å². The van der Waals surface area contributed by atoms with Gasteiger partial charge in [-0.05, 0) is 42.5 Å². The van der Waals surface area contributed by atoms with Crippen LogP contribution in [0.25, 0.3) is 5.76 Å². The zero-order chi connectivity index (χ0) is 23.9. The second kappa shape index (κ2) is 8.50. The quantitative estimate of drug-likeness (QED) is 0.475. The van der Waals surface area contributed by atoms with E-state index in [1.54, 1.807) is 30.3 Å². The predicted molar refractivity (Wildman–Crippen MR) is 126 cm³/mol. The molecule has 0 saturated carbocycles. The van der Waals surface area contributed by atoms with Gasteiger partial charge in [0.2, 0.25) is 5.11 Å². The molecule has 0 aromatic heterocycles. The van der Waals surface area contributed by atoms with Crippen molar-refractivity contribution in [2.24, 2.45) is 0 Å². The van der Waals surface area contributed by atoms with Crippen molar-refractivity contribution in [3.63, 3.8) is 0 Å². The lowest BCUT2D eigenvalue weighted by Crippen LogP contribution is -2.49. The van der Waals surface area contributed by atoms with Gasteiger partial charge < -0.3 is 5.11 Å². The average molecular weight is 505 g/mol. The van der Waals surface area contributed by atoms with Gasteiger partial charge in [0, 0.05) is 10.6 Å². The number of aliphatic hydroxyl groups is 1. The van der Waals surface area contributed by atoms with Crippen molar-refractivity contribution in [2.75, 3.05) is 18.0 Å². The summed E-state index contributed by atoms with van der Waals surface area (Å²) in [6.07, 6.45) is 1.27. The number of carbonyl (C=O) groups excluding carboxylic acids is 2. The molecule has 2 heterocycles. The highest BCUT2D eigenvalue weighted by Gasteiger charge is 2.42. The van der Waals surface area contributed by atoms with E-state index in [1.165, 1.54) is 29.2 Å². The highest BCUT2D eigenvalue weighted by atomic mass is 35.5. The summed E-state index contributed by atoms with van der Waals surface area (Å²) in [6, 6.07) is 12.5. The van der Waals surface area contributed by atoms with Gasteiger partial charge >= 0.3 is 0 Å². The van der Waals surface area contributed by atoms with E-state index in [1.807, 2.05) is 0 Å². The number of halogens is 1. The van der Waals surface area contributed by atoms with Crippen LogP contribution in [0.4, 0.5) is 5.69 Å². The molecule has 170 valence electrons. The van der Waals surface area contributed by atoms with E-state index in [9.17, 15) is 23.1 Å². The van der Waals surface area contributed by atoms with E-state index in [2.05, 4.69) is 12.0 Å². The van der Waals surface area contributed by atoms with Crippen molar-refractivity contribution in [1.29, 1.82) is 0 Å². The number of thiocarbonyl (C=S) groups is 1. The molecule has 2 N–H and O–H groups in total. The second-order valence-corrected chi connectivity index (χ2v) is 9.67. The number of nitrogens with one attached hydrogen (secondary N) is 1. The smallest absolute Gasteiger partial charge is 0.291 e. The molecule has 1 saturated heterocycles. The van der Waals surface area contributed by atoms with E-state index >= 15 is 0 Å². The normalized spacial score (nSPS) is 17.3. The first-order chi connectivity index (χ1) is 15.7. The molecule has 12 heteroatoms. The molecule has 9 nitrogen and oxygen atoms in total. The third-order valence-electron chi connectivity index (χ3n) is 4.97. The molecule has 2 aliphatic rings. The van der Waals surface area contributed by atoms with E-state index < -0.39 is 27.4 Å². The van der Waals surface area contributed by atoms with Gasteiger partial charge in [-0.3, -0.25) is 29.2 Å². The fourth-order valence-electron chi connectivity index (χ4n) is 3.51. The fraction of sp³-hybridized carbons (Fsp3) is 0.0952. The molecule has 2 aromatic rings. The Morgan fingerprint density at radius 3 is 2.61 bits per heavy atom. The van der Waals surface area contributed by atoms with Crippen LogP contribution in [-0.4, -0.2) is 52.9 Å². The van der Waals surface area contributed by atoms with Gasteiger partial charge in [-0.25, -0.2) is 8.42 Å². The Kier molecular flexibility index (Phi) is 5.87. The molecule has 33 heavy (non-hydrogen) atoms. The number of amides is 2. The third-order valence-corrected chi connectivity index (χ3v) is 7.41. The van der Waals surface area contributed by atoms with Gasteiger partial charge in [0.15, 0.2) is 11.5 Å². The highest BCUT2D eigenvalue weighted by Crippen LogP contribution is 2.37. The fourth-order valence-corrected chi connectivity index (χ4v) is 5.73. The standard InChI is InChI=1S/C21H17ClN4O5S2/c1-2-10-25-18(19(28)15-9-8-13(22)11-16(15)33(25,30)31)20(29)23-24-12-17(27)26(21(24)32)14-6-4-3-5-7-14/h2-9,11,28H,1,10,12H2,(H,23,29). The highest BCUT2D eigenvalue weighted by molar-refractivity contribution is 7.89. The molecular formula is C21H17ClN4O5S2. The molecule has 0 radical (unpaired) electrons. The molecule has 4 rings (SSSR count). The van der Waals surface area contributed by atoms with Crippen molar-refractivity contribution in [3.8, 4) is 0 Å². The van der Waals surface area contributed by atoms with Crippen LogP contribution < -0.4 is 10.3 Å². The molecule has 2 amide bonds. The summed E-state index contributed by atoms with van der Waals surface area (Å²) >= 11 is 11.3. The summed E-state index contributed by atoms with van der Waals surface area (Å²) in [7, 11) is -4.24. The molecule has 0 aliphatic carbocycles. The molecule has 2 aromatic carbocycles. The van der Waals surface area contributed by atoms with Gasteiger partial charge in [-0.15, -0.1) is 6.58 Å². The minimum atomic E-state index is -4.24. The number of sulfonamides is 1. The van der Waals surface area contributed by atoms with Gasteiger partial charge in [0.1, 0.15) is 11.4 Å². The third kappa shape index (κ3) is 3.84. The lowest BCUT2D eigenvalue weighted by molar-refractivity contribution is -0.122. The number of hydrogen-bond acceptors (Lipinski definition) is 6. The predicted octanol–water partition coefficient (Wildman–Crippen LogP) is 2.42.